The van der Waals surface area contributed by atoms with Gasteiger partial charge in [-0.25, -0.2) is 4.79 Å². The fourth-order valence-electron chi connectivity index (χ4n) is 2.52. The van der Waals surface area contributed by atoms with Crippen molar-refractivity contribution < 1.29 is 9.53 Å². The van der Waals surface area contributed by atoms with Gasteiger partial charge in [0.2, 0.25) is 0 Å². The van der Waals surface area contributed by atoms with E-state index in [1.54, 1.807) is 12.1 Å². The minimum Gasteiger partial charge on any atom is -0.465 e. The molecule has 5 heteroatoms. The number of nitrogens with two attached hydrogens (primary N) is 1. The van der Waals surface area contributed by atoms with Crippen LogP contribution in [0.4, 0.5) is 11.4 Å². The number of halogens is 1. The van der Waals surface area contributed by atoms with Gasteiger partial charge in [-0.2, -0.15) is 0 Å². The van der Waals surface area contributed by atoms with Crippen molar-refractivity contribution in [3.05, 3.63) is 22.7 Å². The molecule has 1 aromatic carbocycles. The van der Waals surface area contributed by atoms with Crippen molar-refractivity contribution in [3.63, 3.8) is 0 Å². The molecule has 0 spiro atoms. The lowest BCUT2D eigenvalue weighted by Gasteiger charge is -2.23. The third-order valence-corrected chi connectivity index (χ3v) is 4.08. The van der Waals surface area contributed by atoms with Gasteiger partial charge >= 0.3 is 5.97 Å². The fraction of sp³-hybridized carbons (Fsp3) is 0.500. The summed E-state index contributed by atoms with van der Waals surface area (Å²) in [5.41, 5.74) is 7.40. The summed E-state index contributed by atoms with van der Waals surface area (Å²) in [6.07, 6.45) is 0. The van der Waals surface area contributed by atoms with Gasteiger partial charge in [0, 0.05) is 18.8 Å². The predicted octanol–water partition coefficient (Wildman–Crippen LogP) is 2.80. The first kappa shape index (κ1) is 14.0. The average Bonchev–Trinajstić information content (AvgIpc) is 2.67. The van der Waals surface area contributed by atoms with E-state index in [0.29, 0.717) is 28.1 Å². The summed E-state index contributed by atoms with van der Waals surface area (Å²) in [7, 11) is 1.36. The van der Waals surface area contributed by atoms with Gasteiger partial charge in [-0.3, -0.25) is 0 Å². The molecule has 1 aliphatic rings. The van der Waals surface area contributed by atoms with Crippen LogP contribution in [0.15, 0.2) is 12.1 Å². The van der Waals surface area contributed by atoms with Crippen molar-refractivity contribution in [1.82, 2.24) is 0 Å². The molecule has 19 heavy (non-hydrogen) atoms. The maximum Gasteiger partial charge on any atom is 0.340 e. The van der Waals surface area contributed by atoms with Crippen LogP contribution in [0.5, 0.6) is 0 Å². The molecule has 2 atom stereocenters. The zero-order valence-electron chi connectivity index (χ0n) is 11.4. The third-order valence-electron chi connectivity index (χ3n) is 3.80. The number of benzene rings is 1. The van der Waals surface area contributed by atoms with E-state index >= 15 is 0 Å². The van der Waals surface area contributed by atoms with Crippen LogP contribution >= 0.6 is 11.6 Å². The van der Waals surface area contributed by atoms with E-state index in [-0.39, 0.29) is 0 Å². The van der Waals surface area contributed by atoms with E-state index in [4.69, 9.17) is 22.1 Å². The number of rotatable bonds is 2. The van der Waals surface area contributed by atoms with Crippen LogP contribution < -0.4 is 10.6 Å². The summed E-state index contributed by atoms with van der Waals surface area (Å²) in [5, 5.41) is 0.502. The monoisotopic (exact) mass is 282 g/mol. The third kappa shape index (κ3) is 2.63. The number of hydrogen-bond donors (Lipinski definition) is 1. The first-order chi connectivity index (χ1) is 8.93. The maximum atomic E-state index is 11.9. The lowest BCUT2D eigenvalue weighted by Crippen LogP contribution is -2.23. The molecule has 0 amide bonds. The zero-order chi connectivity index (χ0) is 14.2. The van der Waals surface area contributed by atoms with Crippen LogP contribution in [-0.4, -0.2) is 26.2 Å². The molecule has 104 valence electrons. The van der Waals surface area contributed by atoms with Crippen molar-refractivity contribution >= 4 is 28.9 Å². The second kappa shape index (κ2) is 5.29. The summed E-state index contributed by atoms with van der Waals surface area (Å²) in [6.45, 7) is 6.17. The Labute approximate surface area is 118 Å². The standard InChI is InChI=1S/C14H19ClN2O2/c1-8-6-17(7-9(8)2)13-11(14(18)19-3)4-10(16)5-12(13)15/h4-5,8-9H,6-7,16H2,1-3H3. The average molecular weight is 283 g/mol. The molecule has 1 saturated heterocycles. The maximum absolute atomic E-state index is 11.9. The van der Waals surface area contributed by atoms with E-state index in [1.165, 1.54) is 7.11 Å². The number of carbonyl (C=O) groups excluding carboxylic acids is 1. The van der Waals surface area contributed by atoms with Gasteiger partial charge in [-0.15, -0.1) is 0 Å². The largest absolute Gasteiger partial charge is 0.465 e. The minimum absolute atomic E-state index is 0.406. The summed E-state index contributed by atoms with van der Waals surface area (Å²) in [4.78, 5) is 14.0. The van der Waals surface area contributed by atoms with Crippen molar-refractivity contribution in [3.8, 4) is 0 Å². The number of nitrogen functional groups attached to an aromatic ring is 1. The Hall–Kier alpha value is -1.42. The second-order valence-electron chi connectivity index (χ2n) is 5.25. The van der Waals surface area contributed by atoms with Crippen LogP contribution in [0.25, 0.3) is 0 Å². The highest BCUT2D eigenvalue weighted by Crippen LogP contribution is 2.37. The molecule has 0 saturated carbocycles. The molecule has 2 rings (SSSR count). The van der Waals surface area contributed by atoms with Gasteiger partial charge in [-0.1, -0.05) is 25.4 Å². The van der Waals surface area contributed by atoms with Gasteiger partial charge in [0.15, 0.2) is 0 Å². The van der Waals surface area contributed by atoms with Crippen LogP contribution in [0, 0.1) is 11.8 Å². The fourth-order valence-corrected chi connectivity index (χ4v) is 2.87. The Kier molecular flexibility index (Phi) is 3.90. The Balaban J connectivity index is 2.47. The van der Waals surface area contributed by atoms with Crippen LogP contribution in [-0.2, 0) is 4.74 Å². The first-order valence-electron chi connectivity index (χ1n) is 6.36. The number of nitrogens with zero attached hydrogens (tertiary/aromatic N) is 1. The van der Waals surface area contributed by atoms with E-state index in [0.717, 1.165) is 18.8 Å². The molecule has 0 radical (unpaired) electrons. The second-order valence-corrected chi connectivity index (χ2v) is 5.66. The molecule has 2 unspecified atom stereocenters. The van der Waals surface area contributed by atoms with E-state index < -0.39 is 5.97 Å². The summed E-state index contributed by atoms with van der Waals surface area (Å²) in [6, 6.07) is 3.30. The number of carbonyl (C=O) groups is 1. The molecular formula is C14H19ClN2O2. The van der Waals surface area contributed by atoms with Crippen LogP contribution in [0.3, 0.4) is 0 Å². The highest BCUT2D eigenvalue weighted by molar-refractivity contribution is 6.34. The van der Waals surface area contributed by atoms with Crippen molar-refractivity contribution in [2.24, 2.45) is 11.8 Å². The molecule has 1 heterocycles. The number of ether oxygens (including phenoxy) is 1. The van der Waals surface area contributed by atoms with Crippen molar-refractivity contribution in [2.75, 3.05) is 30.8 Å². The molecule has 2 N–H and O–H groups in total. The number of methoxy groups -OCH3 is 1. The van der Waals surface area contributed by atoms with E-state index in [2.05, 4.69) is 18.7 Å². The normalized spacial score (nSPS) is 22.6. The molecule has 0 aromatic heterocycles. The lowest BCUT2D eigenvalue weighted by molar-refractivity contribution is 0.0601. The van der Waals surface area contributed by atoms with Gasteiger partial charge < -0.3 is 15.4 Å². The Morgan fingerprint density at radius 2 is 1.95 bits per heavy atom. The van der Waals surface area contributed by atoms with Gasteiger partial charge in [-0.05, 0) is 24.0 Å². The molecule has 1 fully saturated rings. The summed E-state index contributed by atoms with van der Waals surface area (Å²) in [5.74, 6) is 0.731. The smallest absolute Gasteiger partial charge is 0.340 e. The Morgan fingerprint density at radius 1 is 1.37 bits per heavy atom. The SMILES string of the molecule is COC(=O)c1cc(N)cc(Cl)c1N1CC(C)C(C)C1. The highest BCUT2D eigenvalue weighted by Gasteiger charge is 2.30. The van der Waals surface area contributed by atoms with Crippen molar-refractivity contribution in [1.29, 1.82) is 0 Å². The predicted molar refractivity (Wildman–Crippen MR) is 77.7 cm³/mol. The molecular weight excluding hydrogens is 264 g/mol. The van der Waals surface area contributed by atoms with Crippen LogP contribution in [0.1, 0.15) is 24.2 Å². The quantitative estimate of drug-likeness (QED) is 0.669. The number of anilines is 2. The van der Waals surface area contributed by atoms with Gasteiger partial charge in [0.1, 0.15) is 0 Å². The highest BCUT2D eigenvalue weighted by atomic mass is 35.5. The zero-order valence-corrected chi connectivity index (χ0v) is 12.2. The van der Waals surface area contributed by atoms with E-state index in [9.17, 15) is 4.79 Å². The molecule has 0 bridgehead atoms. The van der Waals surface area contributed by atoms with Gasteiger partial charge in [0.25, 0.3) is 0 Å². The Morgan fingerprint density at radius 3 is 2.47 bits per heavy atom. The molecule has 1 aliphatic heterocycles. The Bertz CT molecular complexity index is 494. The number of hydrogen-bond acceptors (Lipinski definition) is 4. The molecule has 1 aromatic rings. The van der Waals surface area contributed by atoms with Crippen molar-refractivity contribution in [2.45, 2.75) is 13.8 Å². The van der Waals surface area contributed by atoms with Gasteiger partial charge in [0.05, 0.1) is 23.4 Å². The van der Waals surface area contributed by atoms with E-state index in [1.807, 2.05) is 0 Å². The van der Waals surface area contributed by atoms with Crippen LogP contribution in [0.2, 0.25) is 5.02 Å². The number of esters is 1. The molecule has 0 aliphatic carbocycles. The summed E-state index contributed by atoms with van der Waals surface area (Å²) >= 11 is 6.28. The topological polar surface area (TPSA) is 55.6 Å². The summed E-state index contributed by atoms with van der Waals surface area (Å²) < 4.78 is 4.82. The molecule has 4 nitrogen and oxygen atoms in total. The minimum atomic E-state index is -0.406. The first-order valence-corrected chi connectivity index (χ1v) is 6.74. The lowest BCUT2D eigenvalue weighted by atomic mass is 10.0.